The highest BCUT2D eigenvalue weighted by atomic mass is 32.2. The topological polar surface area (TPSA) is 88.5 Å². The van der Waals surface area contributed by atoms with Crippen molar-refractivity contribution >= 4 is 46.3 Å². The van der Waals surface area contributed by atoms with Gasteiger partial charge in [-0.05, 0) is 17.7 Å². The van der Waals surface area contributed by atoms with Gasteiger partial charge in [0.15, 0.2) is 15.8 Å². The van der Waals surface area contributed by atoms with Gasteiger partial charge in [0, 0.05) is 13.1 Å². The number of methoxy groups -OCH3 is 2. The second-order valence-electron chi connectivity index (χ2n) is 5.63. The van der Waals surface area contributed by atoms with Crippen molar-refractivity contribution in [3.8, 4) is 11.5 Å². The van der Waals surface area contributed by atoms with Crippen LogP contribution in [-0.2, 0) is 9.53 Å². The summed E-state index contributed by atoms with van der Waals surface area (Å²) < 4.78 is 16.1. The van der Waals surface area contributed by atoms with E-state index in [-0.39, 0.29) is 17.2 Å². The van der Waals surface area contributed by atoms with Crippen LogP contribution in [0, 0.1) is 0 Å². The van der Waals surface area contributed by atoms with Gasteiger partial charge in [0.1, 0.15) is 5.56 Å². The van der Waals surface area contributed by atoms with E-state index in [0.717, 1.165) is 11.8 Å². The van der Waals surface area contributed by atoms with Crippen LogP contribution in [0.5, 0.6) is 11.5 Å². The quantitative estimate of drug-likeness (QED) is 0.577. The Labute approximate surface area is 165 Å². The molecule has 0 aliphatic carbocycles. The standard InChI is InChI=1S/C17H18N2O6S2/c1-23-11-4-3-10(13(16(21)22)14(11)24-2)9-12-15(20)19(17(26)27-12)18-5-7-25-8-6-18/h3-4,9H,5-8H2,1-2H3,(H,21,22)/b12-9+. The van der Waals surface area contributed by atoms with Gasteiger partial charge in [-0.3, -0.25) is 4.79 Å². The average Bonchev–Trinajstić information content (AvgIpc) is 2.94. The molecule has 0 saturated carbocycles. The molecule has 10 heteroatoms. The maximum atomic E-state index is 12.8. The van der Waals surface area contributed by atoms with Crippen LogP contribution in [-0.4, -0.2) is 71.8 Å². The number of carboxylic acids is 1. The van der Waals surface area contributed by atoms with Crippen molar-refractivity contribution in [2.75, 3.05) is 40.5 Å². The lowest BCUT2D eigenvalue weighted by molar-refractivity contribution is -0.138. The number of ether oxygens (including phenoxy) is 3. The van der Waals surface area contributed by atoms with Gasteiger partial charge in [0.2, 0.25) is 0 Å². The molecule has 27 heavy (non-hydrogen) atoms. The highest BCUT2D eigenvalue weighted by Crippen LogP contribution is 2.38. The molecule has 0 aromatic heterocycles. The molecule has 0 radical (unpaired) electrons. The number of amides is 1. The van der Waals surface area contributed by atoms with Gasteiger partial charge in [-0.1, -0.05) is 30.0 Å². The monoisotopic (exact) mass is 410 g/mol. The Hall–Kier alpha value is -2.14. The maximum absolute atomic E-state index is 12.8. The number of aromatic carboxylic acids is 1. The molecule has 2 fully saturated rings. The zero-order valence-electron chi connectivity index (χ0n) is 14.8. The molecule has 0 atom stereocenters. The minimum absolute atomic E-state index is 0.0755. The molecule has 2 aliphatic rings. The van der Waals surface area contributed by atoms with Crippen LogP contribution in [0.4, 0.5) is 0 Å². The molecule has 1 N–H and O–H groups in total. The molecule has 1 aromatic carbocycles. The predicted molar refractivity (Wildman–Crippen MR) is 104 cm³/mol. The Morgan fingerprint density at radius 1 is 1.30 bits per heavy atom. The highest BCUT2D eigenvalue weighted by molar-refractivity contribution is 8.26. The fourth-order valence-electron chi connectivity index (χ4n) is 2.88. The number of carbonyl (C=O) groups excluding carboxylic acids is 1. The molecule has 0 unspecified atom stereocenters. The first-order valence-electron chi connectivity index (χ1n) is 8.06. The number of carbonyl (C=O) groups is 2. The van der Waals surface area contributed by atoms with Crippen molar-refractivity contribution in [3.05, 3.63) is 28.2 Å². The van der Waals surface area contributed by atoms with Gasteiger partial charge in [0.25, 0.3) is 5.91 Å². The Morgan fingerprint density at radius 2 is 2.00 bits per heavy atom. The number of morpholine rings is 1. The Morgan fingerprint density at radius 3 is 2.59 bits per heavy atom. The first-order chi connectivity index (χ1) is 13.0. The number of benzene rings is 1. The van der Waals surface area contributed by atoms with Crippen LogP contribution in [0.15, 0.2) is 17.0 Å². The minimum atomic E-state index is -1.18. The lowest BCUT2D eigenvalue weighted by atomic mass is 10.0. The fourth-order valence-corrected chi connectivity index (χ4v) is 4.18. The molecule has 144 valence electrons. The van der Waals surface area contributed by atoms with Crippen molar-refractivity contribution < 1.29 is 28.9 Å². The summed E-state index contributed by atoms with van der Waals surface area (Å²) in [5, 5.41) is 12.9. The third-order valence-electron chi connectivity index (χ3n) is 4.12. The Kier molecular flexibility index (Phi) is 6.00. The van der Waals surface area contributed by atoms with E-state index in [2.05, 4.69) is 0 Å². The normalized spacial score (nSPS) is 19.6. The molecule has 8 nitrogen and oxygen atoms in total. The summed E-state index contributed by atoms with van der Waals surface area (Å²) in [6.45, 7) is 2.18. The van der Waals surface area contributed by atoms with Crippen LogP contribution in [0.2, 0.25) is 0 Å². The van der Waals surface area contributed by atoms with Gasteiger partial charge in [-0.15, -0.1) is 0 Å². The highest BCUT2D eigenvalue weighted by Gasteiger charge is 2.37. The molecule has 3 rings (SSSR count). The van der Waals surface area contributed by atoms with Gasteiger partial charge in [-0.25, -0.2) is 14.8 Å². The summed E-state index contributed by atoms with van der Waals surface area (Å²) in [6.07, 6.45) is 1.52. The van der Waals surface area contributed by atoms with E-state index >= 15 is 0 Å². The number of thiocarbonyl (C=S) groups is 1. The summed E-state index contributed by atoms with van der Waals surface area (Å²) in [6, 6.07) is 3.17. The van der Waals surface area contributed by atoms with Crippen molar-refractivity contribution in [1.82, 2.24) is 10.0 Å². The third kappa shape index (κ3) is 3.79. The van der Waals surface area contributed by atoms with Gasteiger partial charge >= 0.3 is 5.97 Å². The Balaban J connectivity index is 1.98. The van der Waals surface area contributed by atoms with E-state index in [4.69, 9.17) is 26.4 Å². The van der Waals surface area contributed by atoms with Gasteiger partial charge in [-0.2, -0.15) is 0 Å². The first-order valence-corrected chi connectivity index (χ1v) is 9.29. The van der Waals surface area contributed by atoms with E-state index < -0.39 is 5.97 Å². The SMILES string of the molecule is COc1ccc(/C=C2/SC(=S)N(N3CCOCC3)C2=O)c(C(=O)O)c1OC. The van der Waals surface area contributed by atoms with Crippen LogP contribution in [0.1, 0.15) is 15.9 Å². The number of hydrogen-bond acceptors (Lipinski definition) is 8. The van der Waals surface area contributed by atoms with Crippen LogP contribution in [0.3, 0.4) is 0 Å². The fraction of sp³-hybridized carbons (Fsp3) is 0.353. The summed E-state index contributed by atoms with van der Waals surface area (Å²) in [4.78, 5) is 25.0. The largest absolute Gasteiger partial charge is 0.493 e. The van der Waals surface area contributed by atoms with E-state index in [0.29, 0.717) is 46.8 Å². The smallest absolute Gasteiger partial charge is 0.340 e. The summed E-state index contributed by atoms with van der Waals surface area (Å²) in [5.74, 6) is -1.06. The zero-order valence-corrected chi connectivity index (χ0v) is 16.4. The van der Waals surface area contributed by atoms with Crippen molar-refractivity contribution in [2.45, 2.75) is 0 Å². The van der Waals surface area contributed by atoms with Crippen molar-refractivity contribution in [2.24, 2.45) is 0 Å². The van der Waals surface area contributed by atoms with Gasteiger partial charge < -0.3 is 19.3 Å². The van der Waals surface area contributed by atoms with Gasteiger partial charge in [0.05, 0.1) is 32.3 Å². The molecule has 2 heterocycles. The number of carboxylic acid groups (broad SMARTS) is 1. The van der Waals surface area contributed by atoms with Crippen LogP contribution >= 0.6 is 24.0 Å². The molecular formula is C17H18N2O6S2. The predicted octanol–water partition coefficient (Wildman–Crippen LogP) is 1.85. The van der Waals surface area contributed by atoms with Crippen molar-refractivity contribution in [3.63, 3.8) is 0 Å². The molecule has 1 aromatic rings. The molecular weight excluding hydrogens is 392 g/mol. The lowest BCUT2D eigenvalue weighted by Gasteiger charge is -2.33. The molecule has 2 saturated heterocycles. The number of thioether (sulfide) groups is 1. The number of rotatable bonds is 5. The first kappa shape index (κ1) is 19.6. The maximum Gasteiger partial charge on any atom is 0.340 e. The second-order valence-corrected chi connectivity index (χ2v) is 7.31. The minimum Gasteiger partial charge on any atom is -0.493 e. The average molecular weight is 410 g/mol. The number of nitrogens with zero attached hydrogens (tertiary/aromatic N) is 2. The summed E-state index contributed by atoms with van der Waals surface area (Å²) in [7, 11) is 2.79. The number of hydrogen-bond donors (Lipinski definition) is 1. The van der Waals surface area contributed by atoms with E-state index in [1.165, 1.54) is 25.3 Å². The van der Waals surface area contributed by atoms with Crippen LogP contribution < -0.4 is 9.47 Å². The van der Waals surface area contributed by atoms with E-state index in [1.54, 1.807) is 12.1 Å². The van der Waals surface area contributed by atoms with Crippen molar-refractivity contribution in [1.29, 1.82) is 0 Å². The van der Waals surface area contributed by atoms with E-state index in [1.807, 2.05) is 5.01 Å². The molecule has 2 aliphatic heterocycles. The van der Waals surface area contributed by atoms with E-state index in [9.17, 15) is 14.7 Å². The molecule has 0 spiro atoms. The van der Waals surface area contributed by atoms with Crippen LogP contribution in [0.25, 0.3) is 6.08 Å². The molecule has 1 amide bonds. The summed E-state index contributed by atoms with van der Waals surface area (Å²) >= 11 is 6.48. The third-order valence-corrected chi connectivity index (χ3v) is 5.40. The molecule has 0 bridgehead atoms. The zero-order chi connectivity index (χ0) is 19.6. The lowest BCUT2D eigenvalue weighted by Crippen LogP contribution is -2.50. The Bertz CT molecular complexity index is 820. The second kappa shape index (κ2) is 8.26. The summed E-state index contributed by atoms with van der Waals surface area (Å²) in [5.41, 5.74) is 0.260. The number of hydrazine groups is 1.